The van der Waals surface area contributed by atoms with Crippen molar-refractivity contribution in [2.45, 2.75) is 30.3 Å². The SMILES string of the molecule is COc1ccc2nccc(CC[C@@H]3CCN(C[C@@H]4CN(c5ccc6c(c5)NC(=O)CS6)C(=O)O4)C3)c2n1. The average molecular weight is 520 g/mol. The van der Waals surface area contributed by atoms with E-state index < -0.39 is 0 Å². The highest BCUT2D eigenvalue weighted by atomic mass is 32.2. The largest absolute Gasteiger partial charge is 0.481 e. The van der Waals surface area contributed by atoms with Gasteiger partial charge in [0.2, 0.25) is 11.8 Å². The number of likely N-dealkylation sites (tertiary alicyclic amines) is 1. The Kier molecular flexibility index (Phi) is 6.60. The zero-order chi connectivity index (χ0) is 25.4. The molecule has 0 saturated carbocycles. The number of cyclic esters (lactones) is 1. The van der Waals surface area contributed by atoms with Gasteiger partial charge in [0.15, 0.2) is 0 Å². The zero-order valence-electron chi connectivity index (χ0n) is 20.7. The third kappa shape index (κ3) is 5.08. The highest BCUT2D eigenvalue weighted by Crippen LogP contribution is 2.35. The van der Waals surface area contributed by atoms with Gasteiger partial charge < -0.3 is 14.8 Å². The van der Waals surface area contributed by atoms with Crippen LogP contribution in [0, 0.1) is 5.92 Å². The van der Waals surface area contributed by atoms with Crippen LogP contribution in [0.3, 0.4) is 0 Å². The molecule has 0 radical (unpaired) electrons. The summed E-state index contributed by atoms with van der Waals surface area (Å²) < 4.78 is 11.0. The number of nitrogens with zero attached hydrogens (tertiary/aromatic N) is 4. The van der Waals surface area contributed by atoms with E-state index in [2.05, 4.69) is 26.3 Å². The number of methoxy groups -OCH3 is 1. The van der Waals surface area contributed by atoms with Gasteiger partial charge in [0.25, 0.3) is 0 Å². The van der Waals surface area contributed by atoms with Crippen LogP contribution < -0.4 is 15.0 Å². The highest BCUT2D eigenvalue weighted by Gasteiger charge is 2.35. The number of thioether (sulfide) groups is 1. The summed E-state index contributed by atoms with van der Waals surface area (Å²) in [6.45, 7) is 3.24. The number of ether oxygens (including phenoxy) is 2. The van der Waals surface area contributed by atoms with Gasteiger partial charge in [-0.3, -0.25) is 19.6 Å². The number of aromatic nitrogens is 2. The molecule has 3 aromatic rings. The van der Waals surface area contributed by atoms with Crippen LogP contribution in [0.1, 0.15) is 18.4 Å². The quantitative estimate of drug-likeness (QED) is 0.501. The lowest BCUT2D eigenvalue weighted by Crippen LogP contribution is -2.33. The van der Waals surface area contributed by atoms with E-state index in [1.165, 1.54) is 17.3 Å². The maximum Gasteiger partial charge on any atom is 0.414 e. The summed E-state index contributed by atoms with van der Waals surface area (Å²) >= 11 is 1.51. The number of nitrogens with one attached hydrogen (secondary N) is 1. The Morgan fingerprint density at radius 1 is 1.19 bits per heavy atom. The minimum Gasteiger partial charge on any atom is -0.481 e. The smallest absolute Gasteiger partial charge is 0.414 e. The van der Waals surface area contributed by atoms with Crippen LogP contribution in [0.5, 0.6) is 5.88 Å². The van der Waals surface area contributed by atoms with Crippen LogP contribution >= 0.6 is 11.8 Å². The van der Waals surface area contributed by atoms with E-state index in [-0.39, 0.29) is 18.1 Å². The standard InChI is InChI=1S/C27H29N5O4S/c1-35-25-7-5-21-26(30-25)18(8-10-28-21)3-2-17-9-11-31(13-17)14-20-15-32(27(34)36-20)19-4-6-23-22(12-19)29-24(33)16-37-23/h4-8,10,12,17,20H,2-3,9,11,13-16H2,1H3,(H,29,33)/t17-,20-/m1/s1. The molecule has 3 aliphatic rings. The molecule has 0 spiro atoms. The molecule has 2 atom stereocenters. The third-order valence-electron chi connectivity index (χ3n) is 7.29. The second kappa shape index (κ2) is 10.2. The molecule has 1 N–H and O–H groups in total. The van der Waals surface area contributed by atoms with Gasteiger partial charge in [-0.05, 0) is 67.6 Å². The fraction of sp³-hybridized carbons (Fsp3) is 0.407. The van der Waals surface area contributed by atoms with E-state index in [9.17, 15) is 9.59 Å². The van der Waals surface area contributed by atoms with Crippen molar-refractivity contribution in [1.29, 1.82) is 0 Å². The Bertz CT molecular complexity index is 1350. The molecule has 0 aliphatic carbocycles. The van der Waals surface area contributed by atoms with Crippen LogP contribution in [-0.4, -0.2) is 72.0 Å². The fourth-order valence-corrected chi connectivity index (χ4v) is 6.19. The molecule has 2 amide bonds. The van der Waals surface area contributed by atoms with E-state index in [4.69, 9.17) is 9.47 Å². The molecule has 0 unspecified atom stereocenters. The monoisotopic (exact) mass is 519 g/mol. The highest BCUT2D eigenvalue weighted by molar-refractivity contribution is 8.00. The molecule has 2 aromatic heterocycles. The molecule has 0 bridgehead atoms. The van der Waals surface area contributed by atoms with Gasteiger partial charge in [-0.2, -0.15) is 0 Å². The first-order chi connectivity index (χ1) is 18.1. The number of pyridine rings is 2. The van der Waals surface area contributed by atoms with Crippen LogP contribution in [0.15, 0.2) is 47.5 Å². The van der Waals surface area contributed by atoms with Crippen LogP contribution in [0.4, 0.5) is 16.2 Å². The Balaban J connectivity index is 1.04. The third-order valence-corrected chi connectivity index (χ3v) is 8.36. The van der Waals surface area contributed by atoms with Gasteiger partial charge in [-0.1, -0.05) is 0 Å². The lowest BCUT2D eigenvalue weighted by molar-refractivity contribution is -0.113. The number of anilines is 2. The number of hydrogen-bond acceptors (Lipinski definition) is 8. The molecular formula is C27H29N5O4S. The van der Waals surface area contributed by atoms with Crippen molar-refractivity contribution in [3.05, 3.63) is 48.2 Å². The summed E-state index contributed by atoms with van der Waals surface area (Å²) in [6.07, 6.45) is 4.49. The minimum atomic E-state index is -0.331. The van der Waals surface area contributed by atoms with Crippen LogP contribution in [-0.2, 0) is 16.0 Å². The Morgan fingerprint density at radius 2 is 2.11 bits per heavy atom. The summed E-state index contributed by atoms with van der Waals surface area (Å²) in [5.41, 5.74) is 4.51. The van der Waals surface area contributed by atoms with Crippen molar-refractivity contribution in [1.82, 2.24) is 14.9 Å². The van der Waals surface area contributed by atoms with E-state index in [1.807, 2.05) is 36.5 Å². The molecule has 3 aliphatic heterocycles. The van der Waals surface area contributed by atoms with Gasteiger partial charge in [0, 0.05) is 35.9 Å². The predicted molar refractivity (Wildman–Crippen MR) is 142 cm³/mol. The predicted octanol–water partition coefficient (Wildman–Crippen LogP) is 3.96. The lowest BCUT2D eigenvalue weighted by atomic mass is 9.98. The van der Waals surface area contributed by atoms with Crippen molar-refractivity contribution < 1.29 is 19.1 Å². The molecule has 2 saturated heterocycles. The molecule has 9 nitrogen and oxygen atoms in total. The first kappa shape index (κ1) is 24.0. The summed E-state index contributed by atoms with van der Waals surface area (Å²) in [7, 11) is 1.63. The number of carbonyl (C=O) groups excluding carboxylic acids is 2. The molecular weight excluding hydrogens is 490 g/mol. The maximum absolute atomic E-state index is 12.6. The summed E-state index contributed by atoms with van der Waals surface area (Å²) in [6, 6.07) is 11.6. The fourth-order valence-electron chi connectivity index (χ4n) is 5.40. The normalized spacial score (nSPS) is 21.7. The molecule has 37 heavy (non-hydrogen) atoms. The van der Waals surface area contributed by atoms with Gasteiger partial charge in [-0.15, -0.1) is 11.8 Å². The van der Waals surface area contributed by atoms with E-state index >= 15 is 0 Å². The number of benzene rings is 1. The number of hydrogen-bond donors (Lipinski definition) is 1. The number of rotatable bonds is 7. The molecule has 1 aromatic carbocycles. The molecule has 2 fully saturated rings. The number of carbonyl (C=O) groups is 2. The van der Waals surface area contributed by atoms with E-state index in [0.29, 0.717) is 24.1 Å². The van der Waals surface area contributed by atoms with E-state index in [1.54, 1.807) is 12.0 Å². The first-order valence-corrected chi connectivity index (χ1v) is 13.6. The van der Waals surface area contributed by atoms with Gasteiger partial charge in [-0.25, -0.2) is 9.78 Å². The maximum atomic E-state index is 12.6. The van der Waals surface area contributed by atoms with Crippen LogP contribution in [0.25, 0.3) is 11.0 Å². The zero-order valence-corrected chi connectivity index (χ0v) is 21.5. The topological polar surface area (TPSA) is 96.9 Å². The van der Waals surface area contributed by atoms with Crippen molar-refractivity contribution >= 4 is 46.2 Å². The van der Waals surface area contributed by atoms with Crippen molar-refractivity contribution in [2.24, 2.45) is 5.92 Å². The molecule has 192 valence electrons. The minimum absolute atomic E-state index is 0.0202. The van der Waals surface area contributed by atoms with Gasteiger partial charge >= 0.3 is 6.09 Å². The summed E-state index contributed by atoms with van der Waals surface area (Å²) in [5.74, 6) is 1.59. The Hall–Kier alpha value is -3.37. The van der Waals surface area contributed by atoms with Crippen molar-refractivity contribution in [3.8, 4) is 5.88 Å². The number of amides is 2. The summed E-state index contributed by atoms with van der Waals surface area (Å²) in [4.78, 5) is 38.5. The molecule has 6 rings (SSSR count). The lowest BCUT2D eigenvalue weighted by Gasteiger charge is -2.21. The number of fused-ring (bicyclic) bond motifs is 2. The van der Waals surface area contributed by atoms with Crippen molar-refractivity contribution in [2.75, 3.05) is 49.3 Å². The van der Waals surface area contributed by atoms with Crippen LogP contribution in [0.2, 0.25) is 0 Å². The molecule has 5 heterocycles. The second-order valence-corrected chi connectivity index (χ2v) is 10.8. The Labute approximate surface area is 219 Å². The van der Waals surface area contributed by atoms with E-state index in [0.717, 1.165) is 66.2 Å². The average Bonchev–Trinajstić information content (AvgIpc) is 3.52. The van der Waals surface area contributed by atoms with Gasteiger partial charge in [0.05, 0.1) is 36.1 Å². The summed E-state index contributed by atoms with van der Waals surface area (Å²) in [5, 5.41) is 2.89. The van der Waals surface area contributed by atoms with Gasteiger partial charge in [0.1, 0.15) is 6.10 Å². The van der Waals surface area contributed by atoms with Crippen molar-refractivity contribution in [3.63, 3.8) is 0 Å². The number of aryl methyl sites for hydroxylation is 1. The first-order valence-electron chi connectivity index (χ1n) is 12.6. The Morgan fingerprint density at radius 3 is 3.00 bits per heavy atom. The molecule has 10 heteroatoms. The second-order valence-electron chi connectivity index (χ2n) is 9.78.